The fourth-order valence-corrected chi connectivity index (χ4v) is 6.43. The van der Waals surface area contributed by atoms with Gasteiger partial charge in [0.2, 0.25) is 0 Å². The summed E-state index contributed by atoms with van der Waals surface area (Å²) in [7, 11) is 0.994. The third-order valence-electron chi connectivity index (χ3n) is 9.39. The SMILES string of the molecule is CCCCC/C=C\C/C=C\CCCCCCCCCC(=O)OC[C@H](COP(=O)([O-])OCC[N+](C)(C)C)OC(=O)CCC[C@@H](O)\C=C/C=C/C=C/[C@@H](O)C/C=C\CCCCC. The molecule has 0 aliphatic heterocycles. The van der Waals surface area contributed by atoms with Gasteiger partial charge >= 0.3 is 11.9 Å². The molecule has 60 heavy (non-hydrogen) atoms. The van der Waals surface area contributed by atoms with E-state index >= 15 is 0 Å². The molecular weight excluding hydrogens is 781 g/mol. The summed E-state index contributed by atoms with van der Waals surface area (Å²) in [5.74, 6) is -1.09. The summed E-state index contributed by atoms with van der Waals surface area (Å²) in [5.41, 5.74) is 0. The van der Waals surface area contributed by atoms with Crippen LogP contribution in [0.5, 0.6) is 0 Å². The maximum atomic E-state index is 12.7. The largest absolute Gasteiger partial charge is 0.756 e. The number of aliphatic hydroxyl groups is 2. The minimum Gasteiger partial charge on any atom is -0.756 e. The smallest absolute Gasteiger partial charge is 0.306 e. The van der Waals surface area contributed by atoms with Gasteiger partial charge in [-0.2, -0.15) is 0 Å². The highest BCUT2D eigenvalue weighted by atomic mass is 31.2. The van der Waals surface area contributed by atoms with Crippen LogP contribution < -0.4 is 4.89 Å². The molecule has 0 saturated heterocycles. The number of carbonyl (C=O) groups is 2. The van der Waals surface area contributed by atoms with Crippen molar-refractivity contribution in [1.82, 2.24) is 0 Å². The van der Waals surface area contributed by atoms with E-state index in [0.717, 1.165) is 38.5 Å². The molecule has 0 saturated carbocycles. The van der Waals surface area contributed by atoms with Crippen LogP contribution in [-0.4, -0.2) is 92.5 Å². The standard InChI is InChI=1S/C48H84NO10P/c1-6-8-10-12-14-15-16-17-18-19-20-21-22-23-24-26-32-38-47(52)56-42-46(43-58-60(54,55)57-41-40-49(3,4)5)59-48(53)39-33-37-45(51)36-31-28-27-30-35-44(50)34-29-25-13-11-9-7-2/h14-15,17-18,25,27-31,35-36,44-46,50-51H,6-13,16,19-24,26,32-34,37-43H2,1-5H3/b15-14-,18-17-,28-27+,29-25-,35-30+,36-31-/t44-,45-,46+/m0/s1. The van der Waals surface area contributed by atoms with Crippen molar-refractivity contribution in [3.63, 3.8) is 0 Å². The number of ether oxygens (including phenoxy) is 2. The quantitative estimate of drug-likeness (QED) is 0.0152. The molecule has 0 aromatic heterocycles. The van der Waals surface area contributed by atoms with Crippen LogP contribution in [0.3, 0.4) is 0 Å². The molecule has 0 aromatic carbocycles. The van der Waals surface area contributed by atoms with E-state index in [1.54, 1.807) is 36.5 Å². The Morgan fingerprint density at radius 3 is 1.77 bits per heavy atom. The van der Waals surface area contributed by atoms with E-state index in [1.807, 2.05) is 27.2 Å². The van der Waals surface area contributed by atoms with Gasteiger partial charge < -0.3 is 38.1 Å². The van der Waals surface area contributed by atoms with E-state index in [-0.39, 0.29) is 26.1 Å². The third-order valence-corrected chi connectivity index (χ3v) is 10.4. The van der Waals surface area contributed by atoms with E-state index < -0.39 is 44.7 Å². The van der Waals surface area contributed by atoms with Crippen molar-refractivity contribution in [3.05, 3.63) is 72.9 Å². The minimum absolute atomic E-state index is 0.0402. The normalized spacial score (nSPS) is 15.3. The molecule has 12 heteroatoms. The number of hydrogen-bond acceptors (Lipinski definition) is 10. The Morgan fingerprint density at radius 1 is 0.633 bits per heavy atom. The summed E-state index contributed by atoms with van der Waals surface area (Å²) in [6.45, 7) is 3.83. The average Bonchev–Trinajstić information content (AvgIpc) is 3.19. The first kappa shape index (κ1) is 57.4. The summed E-state index contributed by atoms with van der Waals surface area (Å²) in [4.78, 5) is 37.6. The maximum absolute atomic E-state index is 12.7. The number of quaternary nitrogens is 1. The fraction of sp³-hybridized carbons (Fsp3) is 0.708. The zero-order valence-electron chi connectivity index (χ0n) is 38.1. The van der Waals surface area contributed by atoms with Gasteiger partial charge in [-0.05, 0) is 70.6 Å². The minimum atomic E-state index is -4.70. The zero-order valence-corrected chi connectivity index (χ0v) is 39.0. The van der Waals surface area contributed by atoms with Gasteiger partial charge in [0.15, 0.2) is 6.10 Å². The number of rotatable bonds is 40. The monoisotopic (exact) mass is 866 g/mol. The number of aliphatic hydroxyl groups excluding tert-OH is 2. The molecule has 0 aromatic rings. The first-order valence-electron chi connectivity index (χ1n) is 22.9. The molecule has 0 aliphatic rings. The first-order valence-corrected chi connectivity index (χ1v) is 24.3. The molecule has 4 atom stereocenters. The number of phosphoric ester groups is 1. The van der Waals surface area contributed by atoms with Crippen LogP contribution >= 0.6 is 7.82 Å². The van der Waals surface area contributed by atoms with Gasteiger partial charge in [0.05, 0.1) is 40.0 Å². The molecule has 0 aliphatic carbocycles. The Kier molecular flexibility index (Phi) is 37.5. The van der Waals surface area contributed by atoms with Crippen LogP contribution in [0, 0.1) is 0 Å². The molecule has 346 valence electrons. The highest BCUT2D eigenvalue weighted by Crippen LogP contribution is 2.38. The number of phosphoric acid groups is 1. The van der Waals surface area contributed by atoms with E-state index in [2.05, 4.69) is 44.2 Å². The number of unbranched alkanes of at least 4 members (excludes halogenated alkanes) is 13. The lowest BCUT2D eigenvalue weighted by molar-refractivity contribution is -0.870. The number of carbonyl (C=O) groups excluding carboxylic acids is 2. The van der Waals surface area contributed by atoms with E-state index in [1.165, 1.54) is 64.2 Å². The lowest BCUT2D eigenvalue weighted by Crippen LogP contribution is -2.37. The number of nitrogens with zero attached hydrogens (tertiary/aromatic N) is 1. The average molecular weight is 866 g/mol. The van der Waals surface area contributed by atoms with E-state index in [9.17, 15) is 29.3 Å². The highest BCUT2D eigenvalue weighted by molar-refractivity contribution is 7.45. The van der Waals surface area contributed by atoms with Crippen molar-refractivity contribution in [2.45, 2.75) is 173 Å². The maximum Gasteiger partial charge on any atom is 0.306 e. The van der Waals surface area contributed by atoms with Crippen LogP contribution in [0.2, 0.25) is 0 Å². The van der Waals surface area contributed by atoms with Gasteiger partial charge in [0, 0.05) is 12.8 Å². The van der Waals surface area contributed by atoms with Crippen LogP contribution in [0.25, 0.3) is 0 Å². The highest BCUT2D eigenvalue weighted by Gasteiger charge is 2.22. The first-order chi connectivity index (χ1) is 28.8. The number of esters is 2. The van der Waals surface area contributed by atoms with Gasteiger partial charge in [-0.1, -0.05) is 145 Å². The molecule has 0 amide bonds. The van der Waals surface area contributed by atoms with Crippen molar-refractivity contribution in [2.75, 3.05) is 47.5 Å². The number of likely N-dealkylation sites (N-methyl/N-ethyl adjacent to an activating group) is 1. The van der Waals surface area contributed by atoms with Gasteiger partial charge in [0.1, 0.15) is 19.8 Å². The summed E-state index contributed by atoms with van der Waals surface area (Å²) < 4.78 is 33.7. The molecule has 0 radical (unpaired) electrons. The molecule has 0 rings (SSSR count). The Balaban J connectivity index is 4.62. The molecule has 2 N–H and O–H groups in total. The topological polar surface area (TPSA) is 152 Å². The van der Waals surface area contributed by atoms with Gasteiger partial charge in [-0.25, -0.2) is 0 Å². The van der Waals surface area contributed by atoms with Crippen molar-refractivity contribution < 1.29 is 52.3 Å². The summed E-state index contributed by atoms with van der Waals surface area (Å²) in [6, 6.07) is 0. The van der Waals surface area contributed by atoms with E-state index in [0.29, 0.717) is 36.7 Å². The van der Waals surface area contributed by atoms with Gasteiger partial charge in [-0.15, -0.1) is 0 Å². The Labute approximate surface area is 364 Å². The number of allylic oxidation sites excluding steroid dienone is 9. The second kappa shape index (κ2) is 39.2. The van der Waals surface area contributed by atoms with Crippen molar-refractivity contribution >= 4 is 19.8 Å². The van der Waals surface area contributed by atoms with Crippen molar-refractivity contribution in [2.24, 2.45) is 0 Å². The molecule has 0 spiro atoms. The third kappa shape index (κ3) is 42.1. The zero-order chi connectivity index (χ0) is 44.6. The van der Waals surface area contributed by atoms with Crippen LogP contribution in [-0.2, 0) is 32.7 Å². The molecule has 0 bridgehead atoms. The Bertz CT molecular complexity index is 1290. The van der Waals surface area contributed by atoms with Crippen LogP contribution in [0.15, 0.2) is 72.9 Å². The Hall–Kier alpha value is -2.63. The molecule has 0 fully saturated rings. The van der Waals surface area contributed by atoms with Gasteiger partial charge in [0.25, 0.3) is 7.82 Å². The second-order valence-electron chi connectivity index (χ2n) is 16.5. The van der Waals surface area contributed by atoms with E-state index in [4.69, 9.17) is 18.5 Å². The lowest BCUT2D eigenvalue weighted by Gasteiger charge is -2.28. The van der Waals surface area contributed by atoms with Gasteiger partial charge in [-0.3, -0.25) is 14.2 Å². The molecule has 11 nitrogen and oxygen atoms in total. The molecule has 0 heterocycles. The van der Waals surface area contributed by atoms with Crippen molar-refractivity contribution in [3.8, 4) is 0 Å². The summed E-state index contributed by atoms with van der Waals surface area (Å²) in [5, 5.41) is 20.4. The van der Waals surface area contributed by atoms with Crippen LogP contribution in [0.1, 0.15) is 155 Å². The summed E-state index contributed by atoms with van der Waals surface area (Å²) in [6.07, 6.45) is 41.2. The summed E-state index contributed by atoms with van der Waals surface area (Å²) >= 11 is 0. The molecule has 1 unspecified atom stereocenters. The predicted molar refractivity (Wildman–Crippen MR) is 243 cm³/mol. The lowest BCUT2D eigenvalue weighted by atomic mass is 10.1. The second-order valence-corrected chi connectivity index (χ2v) is 17.9. The predicted octanol–water partition coefficient (Wildman–Crippen LogP) is 10.3. The van der Waals surface area contributed by atoms with Crippen LogP contribution in [0.4, 0.5) is 0 Å². The number of hydrogen-bond donors (Lipinski definition) is 2. The Morgan fingerprint density at radius 2 is 1.17 bits per heavy atom. The molecular formula is C48H84NO10P. The van der Waals surface area contributed by atoms with Crippen molar-refractivity contribution in [1.29, 1.82) is 0 Å². The fourth-order valence-electron chi connectivity index (χ4n) is 5.70.